The third-order valence-corrected chi connectivity index (χ3v) is 3.78. The molecule has 18 heavy (non-hydrogen) atoms. The minimum absolute atomic E-state index is 0.0581. The van der Waals surface area contributed by atoms with E-state index in [-0.39, 0.29) is 5.75 Å². The first kappa shape index (κ1) is 15.3. The fourth-order valence-corrected chi connectivity index (χ4v) is 2.40. The normalized spacial score (nSPS) is 11.8. The van der Waals surface area contributed by atoms with Crippen molar-refractivity contribution in [1.29, 1.82) is 0 Å². The van der Waals surface area contributed by atoms with Gasteiger partial charge in [-0.3, -0.25) is 0 Å². The molecule has 3 nitrogen and oxygen atoms in total. The van der Waals surface area contributed by atoms with E-state index >= 15 is 0 Å². The maximum atomic E-state index is 10.7. The number of aryl methyl sites for hydroxylation is 1. The molecule has 1 aromatic rings. The van der Waals surface area contributed by atoms with E-state index < -0.39 is 9.05 Å². The average Bonchev–Trinajstić information content (AvgIpc) is 2.22. The zero-order valence-electron chi connectivity index (χ0n) is 10.9. The highest BCUT2D eigenvalue weighted by Crippen LogP contribution is 2.22. The van der Waals surface area contributed by atoms with Crippen LogP contribution < -0.4 is 4.74 Å². The Bertz CT molecular complexity index is 495. The molecule has 0 aliphatic heterocycles. The molecule has 0 aromatic heterocycles. The molecule has 102 valence electrons. The quantitative estimate of drug-likeness (QED) is 0.595. The van der Waals surface area contributed by atoms with Crippen LogP contribution in [0.1, 0.15) is 37.3 Å². The van der Waals surface area contributed by atoms with E-state index in [1.54, 1.807) is 0 Å². The van der Waals surface area contributed by atoms with E-state index in [1.165, 1.54) is 5.56 Å². The molecule has 0 amide bonds. The fraction of sp³-hybridized carbons (Fsp3) is 0.538. The zero-order chi connectivity index (χ0) is 13.8. The monoisotopic (exact) mass is 290 g/mol. The van der Waals surface area contributed by atoms with E-state index in [4.69, 9.17) is 15.4 Å². The molecule has 0 aliphatic carbocycles. The van der Waals surface area contributed by atoms with Gasteiger partial charge in [0.05, 0.1) is 12.4 Å². The topological polar surface area (TPSA) is 43.4 Å². The number of ether oxygens (including phenoxy) is 1. The second-order valence-corrected chi connectivity index (χ2v) is 7.58. The zero-order valence-corrected chi connectivity index (χ0v) is 12.5. The Hall–Kier alpha value is -0.740. The minimum Gasteiger partial charge on any atom is -0.494 e. The molecule has 0 saturated heterocycles. The largest absolute Gasteiger partial charge is 0.494 e. The van der Waals surface area contributed by atoms with Crippen molar-refractivity contribution in [3.8, 4) is 5.75 Å². The third kappa shape index (κ3) is 5.74. The van der Waals surface area contributed by atoms with Gasteiger partial charge in [0.1, 0.15) is 5.75 Å². The van der Waals surface area contributed by atoms with Crippen molar-refractivity contribution in [2.24, 2.45) is 0 Å². The van der Waals surface area contributed by atoms with Crippen LogP contribution in [-0.4, -0.2) is 20.8 Å². The summed E-state index contributed by atoms with van der Waals surface area (Å²) in [6, 6.07) is 6.06. The van der Waals surface area contributed by atoms with Crippen LogP contribution in [0.4, 0.5) is 0 Å². The van der Waals surface area contributed by atoms with Crippen LogP contribution in [0.2, 0.25) is 0 Å². The summed E-state index contributed by atoms with van der Waals surface area (Å²) in [4.78, 5) is 0. The smallest absolute Gasteiger partial charge is 0.232 e. The highest BCUT2D eigenvalue weighted by molar-refractivity contribution is 8.13. The Morgan fingerprint density at radius 2 is 1.94 bits per heavy atom. The van der Waals surface area contributed by atoms with Gasteiger partial charge in [-0.2, -0.15) is 0 Å². The molecule has 1 aromatic carbocycles. The summed E-state index contributed by atoms with van der Waals surface area (Å²) in [5.74, 6) is 1.17. The van der Waals surface area contributed by atoms with Gasteiger partial charge in [0.15, 0.2) is 0 Å². The average molecular weight is 291 g/mol. The van der Waals surface area contributed by atoms with E-state index in [0.29, 0.717) is 18.9 Å². The summed E-state index contributed by atoms with van der Waals surface area (Å²) >= 11 is 0. The maximum Gasteiger partial charge on any atom is 0.232 e. The summed E-state index contributed by atoms with van der Waals surface area (Å²) < 4.78 is 27.0. The first-order valence-corrected chi connectivity index (χ1v) is 8.42. The Morgan fingerprint density at radius 1 is 1.28 bits per heavy atom. The van der Waals surface area contributed by atoms with Crippen LogP contribution in [0.5, 0.6) is 5.75 Å². The number of benzene rings is 1. The highest BCUT2D eigenvalue weighted by Gasteiger charge is 2.06. The summed E-state index contributed by atoms with van der Waals surface area (Å²) in [5.41, 5.74) is 2.36. The van der Waals surface area contributed by atoms with Gasteiger partial charge in [-0.1, -0.05) is 19.9 Å². The van der Waals surface area contributed by atoms with Gasteiger partial charge < -0.3 is 4.74 Å². The summed E-state index contributed by atoms with van der Waals surface area (Å²) in [6.45, 7) is 6.62. The van der Waals surface area contributed by atoms with E-state index in [2.05, 4.69) is 19.9 Å². The lowest BCUT2D eigenvalue weighted by Crippen LogP contribution is -2.05. The molecule has 0 saturated carbocycles. The molecular formula is C13H19ClO3S. The first-order valence-electron chi connectivity index (χ1n) is 5.94. The van der Waals surface area contributed by atoms with Gasteiger partial charge in [-0.05, 0) is 42.5 Å². The van der Waals surface area contributed by atoms with Crippen molar-refractivity contribution in [3.05, 3.63) is 29.3 Å². The molecule has 1 rings (SSSR count). The number of hydrogen-bond acceptors (Lipinski definition) is 3. The molecule has 5 heteroatoms. The van der Waals surface area contributed by atoms with Crippen LogP contribution in [0.15, 0.2) is 18.2 Å². The van der Waals surface area contributed by atoms with Crippen LogP contribution in [0, 0.1) is 6.92 Å². The molecular weight excluding hydrogens is 272 g/mol. The Kier molecular flexibility index (Phi) is 5.47. The van der Waals surface area contributed by atoms with Gasteiger partial charge >= 0.3 is 0 Å². The summed E-state index contributed by atoms with van der Waals surface area (Å²) in [7, 11) is 1.71. The molecule has 0 unspecified atom stereocenters. The van der Waals surface area contributed by atoms with Crippen molar-refractivity contribution >= 4 is 19.7 Å². The van der Waals surface area contributed by atoms with Gasteiger partial charge in [0, 0.05) is 10.7 Å². The van der Waals surface area contributed by atoms with E-state index in [1.807, 2.05) is 19.1 Å². The third-order valence-electron chi connectivity index (χ3n) is 2.54. The Balaban J connectivity index is 2.57. The molecule has 0 radical (unpaired) electrons. The lowest BCUT2D eigenvalue weighted by Gasteiger charge is -2.11. The second kappa shape index (κ2) is 6.43. The second-order valence-electron chi connectivity index (χ2n) is 4.68. The number of rotatable bonds is 6. The SMILES string of the molecule is Cc1cc(OCCCS(=O)(=O)Cl)cc(C(C)C)c1. The number of halogens is 1. The standard InChI is InChI=1S/C13H19ClO3S/c1-10(2)12-7-11(3)8-13(9-12)17-5-4-6-18(14,15)16/h7-10H,4-6H2,1-3H3. The summed E-state index contributed by atoms with van der Waals surface area (Å²) in [5, 5.41) is 0. The van der Waals surface area contributed by atoms with Crippen molar-refractivity contribution in [1.82, 2.24) is 0 Å². The first-order chi connectivity index (χ1) is 8.28. The maximum absolute atomic E-state index is 10.7. The van der Waals surface area contributed by atoms with Crippen LogP contribution >= 0.6 is 10.7 Å². The predicted octanol–water partition coefficient (Wildman–Crippen LogP) is 3.46. The molecule has 0 N–H and O–H groups in total. The van der Waals surface area contributed by atoms with Crippen molar-refractivity contribution in [2.45, 2.75) is 33.1 Å². The molecule has 0 spiro atoms. The van der Waals surface area contributed by atoms with Crippen LogP contribution in [0.3, 0.4) is 0 Å². The van der Waals surface area contributed by atoms with Gasteiger partial charge in [0.2, 0.25) is 9.05 Å². The molecule has 0 bridgehead atoms. The lowest BCUT2D eigenvalue weighted by molar-refractivity contribution is 0.317. The van der Waals surface area contributed by atoms with Gasteiger partial charge in [0.25, 0.3) is 0 Å². The molecule has 0 aliphatic rings. The van der Waals surface area contributed by atoms with E-state index in [9.17, 15) is 8.42 Å². The lowest BCUT2D eigenvalue weighted by atomic mass is 10.0. The van der Waals surface area contributed by atoms with Crippen molar-refractivity contribution < 1.29 is 13.2 Å². The van der Waals surface area contributed by atoms with E-state index in [0.717, 1.165) is 11.3 Å². The van der Waals surface area contributed by atoms with Crippen LogP contribution in [-0.2, 0) is 9.05 Å². The molecule has 0 fully saturated rings. The minimum atomic E-state index is -3.42. The predicted molar refractivity (Wildman–Crippen MR) is 75.0 cm³/mol. The summed E-state index contributed by atoms with van der Waals surface area (Å²) in [6.07, 6.45) is 0.400. The fourth-order valence-electron chi connectivity index (χ4n) is 1.61. The Morgan fingerprint density at radius 3 is 2.50 bits per heavy atom. The Labute approximate surface area is 114 Å². The molecule has 0 atom stereocenters. The van der Waals surface area contributed by atoms with Crippen molar-refractivity contribution in [3.63, 3.8) is 0 Å². The number of hydrogen-bond donors (Lipinski definition) is 0. The van der Waals surface area contributed by atoms with Crippen molar-refractivity contribution in [2.75, 3.05) is 12.4 Å². The van der Waals surface area contributed by atoms with Gasteiger partial charge in [-0.15, -0.1) is 0 Å². The van der Waals surface area contributed by atoms with Crippen LogP contribution in [0.25, 0.3) is 0 Å². The molecule has 0 heterocycles. The van der Waals surface area contributed by atoms with Gasteiger partial charge in [-0.25, -0.2) is 8.42 Å². The highest BCUT2D eigenvalue weighted by atomic mass is 35.7.